The maximum absolute atomic E-state index is 12.4. The summed E-state index contributed by atoms with van der Waals surface area (Å²) in [5.41, 5.74) is 1.36. The van der Waals surface area contributed by atoms with E-state index in [1.165, 1.54) is 0 Å². The van der Waals surface area contributed by atoms with Crippen molar-refractivity contribution in [2.75, 3.05) is 0 Å². The van der Waals surface area contributed by atoms with Gasteiger partial charge < -0.3 is 5.32 Å². The second-order valence-electron chi connectivity index (χ2n) is 5.53. The highest BCUT2D eigenvalue weighted by atomic mass is 32.1. The average Bonchev–Trinajstić information content (AvgIpc) is 3.15. The summed E-state index contributed by atoms with van der Waals surface area (Å²) < 4.78 is 1.85. The largest absolute Gasteiger partial charge is 0.345 e. The Morgan fingerprint density at radius 3 is 2.82 bits per heavy atom. The van der Waals surface area contributed by atoms with Crippen molar-refractivity contribution in [1.82, 2.24) is 20.1 Å². The molecule has 0 saturated heterocycles. The van der Waals surface area contributed by atoms with E-state index in [2.05, 4.69) is 29.2 Å². The average molecular weight is 314 g/mol. The predicted octanol–water partition coefficient (Wildman–Crippen LogP) is 3.56. The monoisotopic (exact) mass is 314 g/mol. The van der Waals surface area contributed by atoms with E-state index in [-0.39, 0.29) is 18.0 Å². The number of amides is 1. The highest BCUT2D eigenvalue weighted by molar-refractivity contribution is 7.10. The Morgan fingerprint density at radius 1 is 1.32 bits per heavy atom. The first-order valence-electron chi connectivity index (χ1n) is 7.24. The standard InChI is InChI=1S/C16H18N4OS/c1-10(2)20-15-12(9-18-20)7-13(8-17-15)16(21)19-11(3)14-5-4-6-22-14/h4-11H,1-3H3,(H,19,21)/t11-/m0/s1. The molecule has 114 valence electrons. The maximum atomic E-state index is 12.4. The zero-order valence-corrected chi connectivity index (χ0v) is 13.6. The van der Waals surface area contributed by atoms with Gasteiger partial charge in [-0.1, -0.05) is 6.07 Å². The van der Waals surface area contributed by atoms with Crippen LogP contribution in [0.1, 0.15) is 48.1 Å². The minimum Gasteiger partial charge on any atom is -0.345 e. The molecule has 0 aliphatic rings. The highest BCUT2D eigenvalue weighted by Crippen LogP contribution is 2.20. The fraction of sp³-hybridized carbons (Fsp3) is 0.312. The molecule has 0 saturated carbocycles. The third kappa shape index (κ3) is 2.74. The van der Waals surface area contributed by atoms with Crippen molar-refractivity contribution in [1.29, 1.82) is 0 Å². The number of hydrogen-bond donors (Lipinski definition) is 1. The zero-order chi connectivity index (χ0) is 15.7. The maximum Gasteiger partial charge on any atom is 0.253 e. The number of nitrogens with zero attached hydrogens (tertiary/aromatic N) is 3. The van der Waals surface area contributed by atoms with Crippen LogP contribution >= 0.6 is 11.3 Å². The Bertz CT molecular complexity index is 792. The second kappa shape index (κ2) is 5.88. The summed E-state index contributed by atoms with van der Waals surface area (Å²) >= 11 is 1.63. The van der Waals surface area contributed by atoms with Gasteiger partial charge in [-0.3, -0.25) is 4.79 Å². The van der Waals surface area contributed by atoms with E-state index in [0.717, 1.165) is 15.9 Å². The first-order valence-corrected chi connectivity index (χ1v) is 8.11. The second-order valence-corrected chi connectivity index (χ2v) is 6.51. The molecule has 1 amide bonds. The number of rotatable bonds is 4. The van der Waals surface area contributed by atoms with E-state index in [9.17, 15) is 4.79 Å². The fourth-order valence-corrected chi connectivity index (χ4v) is 3.07. The van der Waals surface area contributed by atoms with Crippen molar-refractivity contribution in [3.63, 3.8) is 0 Å². The Hall–Kier alpha value is -2.21. The summed E-state index contributed by atoms with van der Waals surface area (Å²) in [6.45, 7) is 6.08. The van der Waals surface area contributed by atoms with Gasteiger partial charge in [0.25, 0.3) is 5.91 Å². The van der Waals surface area contributed by atoms with E-state index in [1.807, 2.05) is 35.2 Å². The lowest BCUT2D eigenvalue weighted by molar-refractivity contribution is 0.0940. The summed E-state index contributed by atoms with van der Waals surface area (Å²) in [6, 6.07) is 6.07. The minimum atomic E-state index is -0.118. The van der Waals surface area contributed by atoms with Gasteiger partial charge >= 0.3 is 0 Å². The summed E-state index contributed by atoms with van der Waals surface area (Å²) in [7, 11) is 0. The molecule has 5 nitrogen and oxygen atoms in total. The van der Waals surface area contributed by atoms with Crippen LogP contribution in [0.4, 0.5) is 0 Å². The first-order chi connectivity index (χ1) is 10.6. The fourth-order valence-electron chi connectivity index (χ4n) is 2.33. The molecule has 3 aromatic heterocycles. The quantitative estimate of drug-likeness (QED) is 0.801. The van der Waals surface area contributed by atoms with Crippen molar-refractivity contribution in [3.8, 4) is 0 Å². The number of fused-ring (bicyclic) bond motifs is 1. The molecular formula is C16H18N4OS. The number of aromatic nitrogens is 3. The van der Waals surface area contributed by atoms with Crippen LogP contribution in [0.15, 0.2) is 36.0 Å². The van der Waals surface area contributed by atoms with E-state index < -0.39 is 0 Å². The van der Waals surface area contributed by atoms with Gasteiger partial charge in [0.1, 0.15) is 0 Å². The lowest BCUT2D eigenvalue weighted by Gasteiger charge is -2.12. The minimum absolute atomic E-state index is 0.0124. The molecule has 3 heterocycles. The van der Waals surface area contributed by atoms with Crippen molar-refractivity contribution >= 4 is 28.3 Å². The molecule has 0 bridgehead atoms. The van der Waals surface area contributed by atoms with Crippen LogP contribution in [0.25, 0.3) is 11.0 Å². The van der Waals surface area contributed by atoms with Crippen LogP contribution in [0.3, 0.4) is 0 Å². The van der Waals surface area contributed by atoms with Gasteiger partial charge in [0.05, 0.1) is 17.8 Å². The van der Waals surface area contributed by atoms with Gasteiger partial charge in [-0.2, -0.15) is 5.10 Å². The summed E-state index contributed by atoms with van der Waals surface area (Å²) in [6.07, 6.45) is 3.36. The van der Waals surface area contributed by atoms with Crippen LogP contribution in [-0.2, 0) is 0 Å². The predicted molar refractivity (Wildman–Crippen MR) is 88.1 cm³/mol. The van der Waals surface area contributed by atoms with E-state index >= 15 is 0 Å². The number of carbonyl (C=O) groups excluding carboxylic acids is 1. The molecule has 0 radical (unpaired) electrons. The smallest absolute Gasteiger partial charge is 0.253 e. The van der Waals surface area contributed by atoms with E-state index in [1.54, 1.807) is 23.7 Å². The van der Waals surface area contributed by atoms with Gasteiger partial charge in [0.2, 0.25) is 0 Å². The third-order valence-electron chi connectivity index (χ3n) is 3.50. The molecule has 6 heteroatoms. The number of thiophene rings is 1. The third-order valence-corrected chi connectivity index (χ3v) is 4.56. The number of nitrogens with one attached hydrogen (secondary N) is 1. The molecule has 1 atom stereocenters. The van der Waals surface area contributed by atoms with Crippen LogP contribution in [-0.4, -0.2) is 20.7 Å². The normalized spacial score (nSPS) is 12.7. The molecule has 3 aromatic rings. The van der Waals surface area contributed by atoms with E-state index in [4.69, 9.17) is 0 Å². The van der Waals surface area contributed by atoms with Crippen LogP contribution in [0.5, 0.6) is 0 Å². The van der Waals surface area contributed by atoms with Crippen molar-refractivity contribution in [3.05, 3.63) is 46.4 Å². The molecule has 1 N–H and O–H groups in total. The van der Waals surface area contributed by atoms with Crippen LogP contribution < -0.4 is 5.32 Å². The van der Waals surface area contributed by atoms with E-state index in [0.29, 0.717) is 5.56 Å². The lowest BCUT2D eigenvalue weighted by atomic mass is 10.2. The zero-order valence-electron chi connectivity index (χ0n) is 12.8. The molecule has 0 unspecified atom stereocenters. The highest BCUT2D eigenvalue weighted by Gasteiger charge is 2.14. The molecule has 3 rings (SSSR count). The Morgan fingerprint density at radius 2 is 2.14 bits per heavy atom. The SMILES string of the molecule is CC(C)n1ncc2cc(C(=O)N[C@@H](C)c3cccs3)cnc21. The van der Waals surface area contributed by atoms with Crippen LogP contribution in [0, 0.1) is 0 Å². The lowest BCUT2D eigenvalue weighted by Crippen LogP contribution is -2.26. The Kier molecular flexibility index (Phi) is 3.94. The van der Waals surface area contributed by atoms with Gasteiger partial charge in [-0.05, 0) is 38.3 Å². The van der Waals surface area contributed by atoms with Crippen molar-refractivity contribution in [2.45, 2.75) is 32.9 Å². The van der Waals surface area contributed by atoms with Crippen molar-refractivity contribution in [2.24, 2.45) is 0 Å². The topological polar surface area (TPSA) is 59.8 Å². The van der Waals surface area contributed by atoms with Crippen molar-refractivity contribution < 1.29 is 4.79 Å². The van der Waals surface area contributed by atoms with Crippen LogP contribution in [0.2, 0.25) is 0 Å². The van der Waals surface area contributed by atoms with Gasteiger partial charge in [-0.15, -0.1) is 11.3 Å². The number of carbonyl (C=O) groups is 1. The van der Waals surface area contributed by atoms with Gasteiger partial charge in [-0.25, -0.2) is 9.67 Å². The molecule has 0 spiro atoms. The van der Waals surface area contributed by atoms with Gasteiger partial charge in [0.15, 0.2) is 5.65 Å². The Balaban J connectivity index is 1.82. The Labute approximate surface area is 133 Å². The molecule has 0 aromatic carbocycles. The summed E-state index contributed by atoms with van der Waals surface area (Å²) in [5, 5.41) is 10.2. The molecule has 0 aliphatic carbocycles. The molecule has 0 aliphatic heterocycles. The molecular weight excluding hydrogens is 296 g/mol. The summed E-state index contributed by atoms with van der Waals surface area (Å²) in [4.78, 5) is 17.9. The van der Waals surface area contributed by atoms with Gasteiger partial charge in [0, 0.05) is 22.5 Å². The first kappa shape index (κ1) is 14.7. The number of pyridine rings is 1. The summed E-state index contributed by atoms with van der Waals surface area (Å²) in [5.74, 6) is -0.118. The molecule has 0 fully saturated rings. The number of hydrogen-bond acceptors (Lipinski definition) is 4. The molecule has 22 heavy (non-hydrogen) atoms.